The largest absolute Gasteiger partial charge is 0.481 e. The number of benzene rings is 1. The number of carboxylic acid groups (broad SMARTS) is 1. The van der Waals surface area contributed by atoms with Gasteiger partial charge in [-0.15, -0.1) is 0 Å². The lowest BCUT2D eigenvalue weighted by Crippen LogP contribution is -2.42. The molecule has 21 heavy (non-hydrogen) atoms. The Morgan fingerprint density at radius 2 is 2.05 bits per heavy atom. The second-order valence-corrected chi connectivity index (χ2v) is 5.93. The number of carbonyl (C=O) groups excluding carboxylic acids is 1. The monoisotopic (exact) mass is 288 g/mol. The Morgan fingerprint density at radius 3 is 2.86 bits per heavy atom. The fraction of sp³-hybridized carbons (Fsp3) is 0.500. The average Bonchev–Trinajstić information content (AvgIpc) is 2.91. The summed E-state index contributed by atoms with van der Waals surface area (Å²) in [5.74, 6) is -1.24. The molecule has 1 aliphatic heterocycles. The quantitative estimate of drug-likeness (QED) is 0.794. The summed E-state index contributed by atoms with van der Waals surface area (Å²) < 4.78 is 0. The third-order valence-electron chi connectivity index (χ3n) is 4.52. The highest BCUT2D eigenvalue weighted by Gasteiger charge is 2.32. The maximum absolute atomic E-state index is 12.5. The van der Waals surface area contributed by atoms with Crippen LogP contribution in [0.1, 0.15) is 37.2 Å². The summed E-state index contributed by atoms with van der Waals surface area (Å²) in [5.41, 5.74) is 2.05. The van der Waals surface area contributed by atoms with Gasteiger partial charge in [0.25, 0.3) is 0 Å². The van der Waals surface area contributed by atoms with Crippen LogP contribution in [0.4, 0.5) is 5.69 Å². The van der Waals surface area contributed by atoms with Crippen molar-refractivity contribution in [3.8, 4) is 0 Å². The van der Waals surface area contributed by atoms with Crippen LogP contribution < -0.4 is 10.6 Å². The van der Waals surface area contributed by atoms with Gasteiger partial charge in [-0.2, -0.15) is 0 Å². The van der Waals surface area contributed by atoms with E-state index in [-0.39, 0.29) is 23.8 Å². The number of carboxylic acids is 1. The van der Waals surface area contributed by atoms with E-state index in [0.717, 1.165) is 30.5 Å². The van der Waals surface area contributed by atoms with Gasteiger partial charge in [0.2, 0.25) is 5.91 Å². The zero-order chi connectivity index (χ0) is 14.8. The van der Waals surface area contributed by atoms with E-state index in [1.165, 1.54) is 0 Å². The minimum Gasteiger partial charge on any atom is -0.481 e. The SMILES string of the molecule is O=C(O)C1CCCC(NC(=O)C2CNc3ccccc32)C1. The molecule has 0 bridgehead atoms. The molecule has 3 atom stereocenters. The summed E-state index contributed by atoms with van der Waals surface area (Å²) >= 11 is 0. The second-order valence-electron chi connectivity index (χ2n) is 5.93. The van der Waals surface area contributed by atoms with E-state index in [2.05, 4.69) is 10.6 Å². The van der Waals surface area contributed by atoms with Crippen molar-refractivity contribution >= 4 is 17.6 Å². The minimum atomic E-state index is -0.748. The number of carbonyl (C=O) groups is 2. The molecule has 1 heterocycles. The zero-order valence-corrected chi connectivity index (χ0v) is 11.8. The lowest BCUT2D eigenvalue weighted by atomic mass is 9.85. The summed E-state index contributed by atoms with van der Waals surface area (Å²) in [7, 11) is 0. The van der Waals surface area contributed by atoms with Gasteiger partial charge >= 0.3 is 5.97 Å². The summed E-state index contributed by atoms with van der Waals surface area (Å²) in [6, 6.07) is 7.82. The van der Waals surface area contributed by atoms with Crippen LogP contribution in [-0.4, -0.2) is 29.6 Å². The molecular weight excluding hydrogens is 268 g/mol. The van der Waals surface area contributed by atoms with E-state index < -0.39 is 5.97 Å². The summed E-state index contributed by atoms with van der Waals surface area (Å²) in [5, 5.41) is 15.4. The molecule has 0 aromatic heterocycles. The Hall–Kier alpha value is -2.04. The molecule has 0 radical (unpaired) electrons. The van der Waals surface area contributed by atoms with Crippen molar-refractivity contribution in [2.45, 2.75) is 37.6 Å². The lowest BCUT2D eigenvalue weighted by molar-refractivity contribution is -0.143. The van der Waals surface area contributed by atoms with Crippen LogP contribution in [0.2, 0.25) is 0 Å². The first-order valence-corrected chi connectivity index (χ1v) is 7.51. The van der Waals surface area contributed by atoms with E-state index in [0.29, 0.717) is 13.0 Å². The van der Waals surface area contributed by atoms with Crippen LogP contribution >= 0.6 is 0 Å². The molecular formula is C16H20N2O3. The highest BCUT2D eigenvalue weighted by molar-refractivity contribution is 5.88. The van der Waals surface area contributed by atoms with Crippen molar-refractivity contribution in [2.75, 3.05) is 11.9 Å². The molecule has 3 N–H and O–H groups in total. The number of fused-ring (bicyclic) bond motifs is 1. The summed E-state index contributed by atoms with van der Waals surface area (Å²) in [6.45, 7) is 0.611. The molecule has 1 aliphatic carbocycles. The van der Waals surface area contributed by atoms with E-state index in [1.807, 2.05) is 24.3 Å². The maximum atomic E-state index is 12.5. The molecule has 3 rings (SSSR count). The average molecular weight is 288 g/mol. The molecule has 5 nitrogen and oxygen atoms in total. The van der Waals surface area contributed by atoms with Gasteiger partial charge in [0.05, 0.1) is 11.8 Å². The number of hydrogen-bond donors (Lipinski definition) is 3. The topological polar surface area (TPSA) is 78.4 Å². The van der Waals surface area contributed by atoms with Crippen LogP contribution in [0.25, 0.3) is 0 Å². The number of rotatable bonds is 3. The number of nitrogens with one attached hydrogen (secondary N) is 2. The third-order valence-corrected chi connectivity index (χ3v) is 4.52. The summed E-state index contributed by atoms with van der Waals surface area (Å²) in [4.78, 5) is 23.5. The van der Waals surface area contributed by atoms with Crippen molar-refractivity contribution in [2.24, 2.45) is 5.92 Å². The number of aliphatic carboxylic acids is 1. The standard InChI is InChI=1S/C16H20N2O3/c19-15(13-9-17-14-7-2-1-6-12(13)14)18-11-5-3-4-10(8-11)16(20)21/h1-2,6-7,10-11,13,17H,3-5,8-9H2,(H,18,19)(H,20,21). The third kappa shape index (κ3) is 2.86. The van der Waals surface area contributed by atoms with E-state index in [1.54, 1.807) is 0 Å². The molecule has 1 aromatic rings. The number of anilines is 1. The Labute approximate surface area is 123 Å². The highest BCUT2D eigenvalue weighted by Crippen LogP contribution is 2.32. The number of para-hydroxylation sites is 1. The first kappa shape index (κ1) is 13.9. The molecule has 112 valence electrons. The van der Waals surface area contributed by atoms with Crippen molar-refractivity contribution in [3.63, 3.8) is 0 Å². The van der Waals surface area contributed by atoms with Crippen molar-refractivity contribution in [1.82, 2.24) is 5.32 Å². The first-order chi connectivity index (χ1) is 10.1. The molecule has 1 aromatic carbocycles. The molecule has 1 fully saturated rings. The highest BCUT2D eigenvalue weighted by atomic mass is 16.4. The van der Waals surface area contributed by atoms with Gasteiger partial charge in [-0.05, 0) is 30.9 Å². The van der Waals surface area contributed by atoms with Crippen LogP contribution in [-0.2, 0) is 9.59 Å². The van der Waals surface area contributed by atoms with Crippen molar-refractivity contribution in [1.29, 1.82) is 0 Å². The fourth-order valence-corrected chi connectivity index (χ4v) is 3.36. The molecule has 1 saturated carbocycles. The van der Waals surface area contributed by atoms with Gasteiger partial charge < -0.3 is 15.7 Å². The van der Waals surface area contributed by atoms with Gasteiger partial charge in [-0.25, -0.2) is 0 Å². The fourth-order valence-electron chi connectivity index (χ4n) is 3.36. The predicted molar refractivity (Wildman–Crippen MR) is 79.2 cm³/mol. The second kappa shape index (κ2) is 5.76. The predicted octanol–water partition coefficient (Wildman–Crippen LogP) is 1.96. The smallest absolute Gasteiger partial charge is 0.306 e. The Bertz CT molecular complexity index is 558. The van der Waals surface area contributed by atoms with Crippen molar-refractivity contribution < 1.29 is 14.7 Å². The van der Waals surface area contributed by atoms with Gasteiger partial charge in [0.15, 0.2) is 0 Å². The van der Waals surface area contributed by atoms with E-state index in [9.17, 15) is 9.59 Å². The molecule has 0 spiro atoms. The van der Waals surface area contributed by atoms with Gasteiger partial charge in [0, 0.05) is 18.3 Å². The zero-order valence-electron chi connectivity index (χ0n) is 11.8. The van der Waals surface area contributed by atoms with Crippen molar-refractivity contribution in [3.05, 3.63) is 29.8 Å². The Balaban J connectivity index is 1.63. The molecule has 2 aliphatic rings. The molecule has 1 amide bonds. The van der Waals surface area contributed by atoms with Crippen LogP contribution in [0.15, 0.2) is 24.3 Å². The number of hydrogen-bond acceptors (Lipinski definition) is 3. The van der Waals surface area contributed by atoms with Crippen LogP contribution in [0.5, 0.6) is 0 Å². The van der Waals surface area contributed by atoms with E-state index in [4.69, 9.17) is 5.11 Å². The van der Waals surface area contributed by atoms with Crippen LogP contribution in [0, 0.1) is 5.92 Å². The summed E-state index contributed by atoms with van der Waals surface area (Å²) in [6.07, 6.45) is 3.00. The van der Waals surface area contributed by atoms with Gasteiger partial charge in [-0.1, -0.05) is 24.6 Å². The minimum absolute atomic E-state index is 0.00323. The molecule has 3 unspecified atom stereocenters. The Kier molecular flexibility index (Phi) is 3.82. The first-order valence-electron chi connectivity index (χ1n) is 7.51. The Morgan fingerprint density at radius 1 is 1.24 bits per heavy atom. The van der Waals surface area contributed by atoms with Gasteiger partial charge in [-0.3, -0.25) is 9.59 Å². The maximum Gasteiger partial charge on any atom is 0.306 e. The van der Waals surface area contributed by atoms with Gasteiger partial charge in [0.1, 0.15) is 0 Å². The molecule has 0 saturated heterocycles. The number of amides is 1. The van der Waals surface area contributed by atoms with E-state index >= 15 is 0 Å². The lowest BCUT2D eigenvalue weighted by Gasteiger charge is -2.28. The van der Waals surface area contributed by atoms with Crippen LogP contribution in [0.3, 0.4) is 0 Å². The molecule has 5 heteroatoms. The normalized spacial score (nSPS) is 27.5.